The number of ether oxygens (including phenoxy) is 23. The number of carbonyl (C=O) groups is 4. The van der Waals surface area contributed by atoms with Crippen LogP contribution in [0.1, 0.15) is 34.6 Å². The van der Waals surface area contributed by atoms with Crippen molar-refractivity contribution >= 4 is 23.6 Å². The predicted octanol–water partition coefficient (Wildman–Crippen LogP) is -25.6. The third-order valence-electron chi connectivity index (χ3n) is 26.6. The number of aliphatic hydroxyl groups is 33. The molecule has 12 heterocycles. The van der Waals surface area contributed by atoms with Gasteiger partial charge in [-0.2, -0.15) is 0 Å². The van der Waals surface area contributed by atoms with Crippen molar-refractivity contribution in [3.05, 3.63) is 0 Å². The van der Waals surface area contributed by atoms with Crippen molar-refractivity contribution in [2.24, 2.45) is 0 Å². The molecule has 37 N–H and O–H groups in total. The van der Waals surface area contributed by atoms with Crippen LogP contribution in [0.3, 0.4) is 0 Å². The molecule has 64 heteroatoms. The quantitative estimate of drug-likeness (QED) is 0.0275. The van der Waals surface area contributed by atoms with Gasteiger partial charge in [-0.3, -0.25) is 19.2 Å². The van der Waals surface area contributed by atoms with Crippen LogP contribution in [-0.2, 0) is 128 Å². The average molecular weight is 2110 g/mol. The van der Waals surface area contributed by atoms with Gasteiger partial charge in [-0.15, -0.1) is 0 Å². The summed E-state index contributed by atoms with van der Waals surface area (Å²) in [5.41, 5.74) is 0. The molecular formula is C80H134N4O60. The molecule has 12 saturated heterocycles. The van der Waals surface area contributed by atoms with Crippen molar-refractivity contribution < 1.29 is 297 Å². The molecule has 12 fully saturated rings. The number of nitrogens with one attached hydrogen (secondary N) is 4. The molecule has 0 spiro atoms. The van der Waals surface area contributed by atoms with E-state index in [2.05, 4.69) is 21.3 Å². The number of hydrogen-bond donors (Lipinski definition) is 37. The second kappa shape index (κ2) is 51.6. The number of carbonyl (C=O) groups excluding carboxylic acids is 4. The van der Waals surface area contributed by atoms with Crippen molar-refractivity contribution in [2.45, 2.75) is 403 Å². The summed E-state index contributed by atoms with van der Waals surface area (Å²) in [7, 11) is 0. The monoisotopic (exact) mass is 2110 g/mol. The van der Waals surface area contributed by atoms with E-state index < -0.39 is 465 Å². The molecule has 0 bridgehead atoms. The van der Waals surface area contributed by atoms with Gasteiger partial charge in [-0.05, 0) is 6.92 Å². The number of aliphatic hydroxyl groups excluding tert-OH is 33. The Morgan fingerprint density at radius 2 is 0.431 bits per heavy atom. The number of hydrogen-bond acceptors (Lipinski definition) is 60. The van der Waals surface area contributed by atoms with Crippen LogP contribution < -0.4 is 21.3 Å². The summed E-state index contributed by atoms with van der Waals surface area (Å²) in [4.78, 5) is 53.0. The lowest BCUT2D eigenvalue weighted by Crippen LogP contribution is -2.72. The van der Waals surface area contributed by atoms with E-state index in [-0.39, 0.29) is 0 Å². The lowest BCUT2D eigenvalue weighted by atomic mass is 9.93. The zero-order valence-corrected chi connectivity index (χ0v) is 77.2. The fraction of sp³-hybridized carbons (Fsp3) is 0.950. The van der Waals surface area contributed by atoms with Crippen molar-refractivity contribution in [3.63, 3.8) is 0 Å². The standard InChI is InChI=1S/C80H134N4O60/c1-17-37(98)47(108)53(114)75(124-17)141-65-36(84-21(5)97)72(132-30(14-93)64(65)140-77-55(116)50(111)40(101)24(8-87)128-77)144-68-57(118)63(137-71-35(83-20(4)96)45(106)61(27(11-90)131-71)138-76-54(115)49(110)39(100)23(7-86)127-76)29(13-92)133-80(68)143-67-43(104)32(135-79(59(67)120)139-62-28(12-91)130-70(34(46(62)107)82-19(3)95)136-60-26(10-89)125-69(121)33(44(60)105)81-18(2)94)16-123-74-58(119)66(142-78-56(117)51(112)41(102)25(9-88)129-78)42(103)31(134-74)15-122-73-52(113)48(109)38(99)22(6-85)126-73/h17,22-80,85-93,98-121H,6-16H2,1-5H3,(H,81,94)(H,82,95)(H,83,96)(H,84,97)/t17-,22+,23+,24+,25+,26+,27+,28+,29+,30+,31+,32+,33+,34+,35+,36+,37+,38+,39-,40-,41+,42+,43+,44+,45+,46+,47+,48-,49-,50-,51-,52-,53-,54+,55+,56-,57-,58-,59-,60+,61+,62+,63+,64+,65+,66-,67-,68-,69?,70-,71-,72-,73-,74-,75-,76-,77-,78+,79-,80+/m0/s1. The Balaban J connectivity index is 0.965. The highest BCUT2D eigenvalue weighted by atomic mass is 16.8. The van der Waals surface area contributed by atoms with Crippen LogP contribution in [0.4, 0.5) is 0 Å². The summed E-state index contributed by atoms with van der Waals surface area (Å²) in [6, 6.07) is -8.17. The van der Waals surface area contributed by atoms with E-state index in [0.29, 0.717) is 0 Å². The third-order valence-corrected chi connectivity index (χ3v) is 26.6. The molecule has 0 aromatic carbocycles. The first kappa shape index (κ1) is 118. The summed E-state index contributed by atoms with van der Waals surface area (Å²) in [5, 5.41) is 383. The van der Waals surface area contributed by atoms with Gasteiger partial charge in [0.25, 0.3) is 0 Å². The minimum Gasteiger partial charge on any atom is -0.394 e. The van der Waals surface area contributed by atoms with Crippen LogP contribution in [0.5, 0.6) is 0 Å². The smallest absolute Gasteiger partial charge is 0.217 e. The Kier molecular flexibility index (Phi) is 42.4. The molecule has 834 valence electrons. The normalized spacial score (nSPS) is 50.4. The maximum atomic E-state index is 14.0. The van der Waals surface area contributed by atoms with E-state index >= 15 is 0 Å². The van der Waals surface area contributed by atoms with Gasteiger partial charge < -0.3 is 299 Å². The van der Waals surface area contributed by atoms with Gasteiger partial charge in [-0.25, -0.2) is 0 Å². The fourth-order valence-corrected chi connectivity index (χ4v) is 18.8. The van der Waals surface area contributed by atoms with Gasteiger partial charge >= 0.3 is 0 Å². The third kappa shape index (κ3) is 25.8. The Bertz CT molecular complexity index is 3970. The molecule has 1 unspecified atom stereocenters. The number of rotatable bonds is 37. The van der Waals surface area contributed by atoms with Gasteiger partial charge in [0, 0.05) is 27.7 Å². The van der Waals surface area contributed by atoms with E-state index in [1.165, 1.54) is 6.92 Å². The summed E-state index contributed by atoms with van der Waals surface area (Å²) >= 11 is 0. The lowest BCUT2D eigenvalue weighted by molar-refractivity contribution is -0.410. The van der Waals surface area contributed by atoms with E-state index in [1.54, 1.807) is 0 Å². The van der Waals surface area contributed by atoms with E-state index in [1.807, 2.05) is 0 Å². The molecule has 0 aliphatic carbocycles. The zero-order chi connectivity index (χ0) is 106. The first-order chi connectivity index (χ1) is 68.1. The Morgan fingerprint density at radius 1 is 0.194 bits per heavy atom. The largest absolute Gasteiger partial charge is 0.394 e. The Morgan fingerprint density at radius 3 is 0.819 bits per heavy atom. The van der Waals surface area contributed by atoms with Gasteiger partial charge in [0.05, 0.1) is 78.8 Å². The maximum absolute atomic E-state index is 14.0. The Labute approximate surface area is 814 Å². The highest BCUT2D eigenvalue weighted by molar-refractivity contribution is 5.74. The maximum Gasteiger partial charge on any atom is 0.217 e. The first-order valence-electron chi connectivity index (χ1n) is 46.0. The molecule has 0 aromatic rings. The van der Waals surface area contributed by atoms with Crippen LogP contribution in [0.15, 0.2) is 0 Å². The highest BCUT2D eigenvalue weighted by Crippen LogP contribution is 2.43. The summed E-state index contributed by atoms with van der Waals surface area (Å²) < 4.78 is 139. The van der Waals surface area contributed by atoms with Crippen molar-refractivity contribution in [3.8, 4) is 0 Å². The molecule has 4 amide bonds. The first-order valence-corrected chi connectivity index (χ1v) is 46.0. The van der Waals surface area contributed by atoms with Gasteiger partial charge in [-0.1, -0.05) is 0 Å². The summed E-state index contributed by atoms with van der Waals surface area (Å²) in [5.74, 6) is -4.07. The van der Waals surface area contributed by atoms with Crippen LogP contribution in [0.2, 0.25) is 0 Å². The van der Waals surface area contributed by atoms with Crippen molar-refractivity contribution in [1.29, 1.82) is 0 Å². The Hall–Kier alpha value is -4.36. The molecule has 64 nitrogen and oxygen atoms in total. The lowest BCUT2D eigenvalue weighted by Gasteiger charge is -2.53. The van der Waals surface area contributed by atoms with Gasteiger partial charge in [0.15, 0.2) is 75.5 Å². The fourth-order valence-electron chi connectivity index (χ4n) is 18.8. The van der Waals surface area contributed by atoms with Crippen LogP contribution in [0, 0.1) is 0 Å². The topological polar surface area (TPSA) is 996 Å². The molecular weight excluding hydrogens is 1980 g/mol. The van der Waals surface area contributed by atoms with Crippen LogP contribution in [-0.4, -0.2) is 633 Å². The molecule has 0 radical (unpaired) electrons. The van der Waals surface area contributed by atoms with E-state index in [4.69, 9.17) is 109 Å². The molecule has 12 rings (SSSR count). The molecule has 12 aliphatic heterocycles. The average Bonchev–Trinajstić information content (AvgIpc) is 0.768. The summed E-state index contributed by atoms with van der Waals surface area (Å²) in [6.07, 6.45) is -124. The van der Waals surface area contributed by atoms with Crippen molar-refractivity contribution in [1.82, 2.24) is 21.3 Å². The zero-order valence-electron chi connectivity index (χ0n) is 77.2. The second-order valence-corrected chi connectivity index (χ2v) is 36.6. The molecule has 144 heavy (non-hydrogen) atoms. The van der Waals surface area contributed by atoms with E-state index in [9.17, 15) is 188 Å². The van der Waals surface area contributed by atoms with E-state index in [0.717, 1.165) is 27.7 Å². The second-order valence-electron chi connectivity index (χ2n) is 36.6. The minimum atomic E-state index is -2.82. The minimum absolute atomic E-state index is 0.835. The molecule has 0 aromatic heterocycles. The van der Waals surface area contributed by atoms with Gasteiger partial charge in [0.1, 0.15) is 287 Å². The summed E-state index contributed by atoms with van der Waals surface area (Å²) in [6.45, 7) is -8.44. The molecule has 12 aliphatic rings. The highest BCUT2D eigenvalue weighted by Gasteiger charge is 2.64. The SMILES string of the molecule is CC(=O)N[C@H]1[C@H](O[C@H]2[C@H](O)[C@@H](NC(C)=O)C(O)O[C@@H]2CO)O[C@H](CO)[C@@H](O[C@@H]2O[C@H](CO[C@H]3O[C@H](CO[C@H]4O[C@H](CO)[C@@H](O)[C@H](O)[C@@H]4O)[C@@H](O)[C@H](O[C@H]4O[C@H](CO)[C@@H](O)[C@H](O)[C@@H]4O)[C@@H]3O)[C@@H](O)[C@H](O[C@H]3O[C@H](CO)[C@@H](O[C@@H]4O[C@H](CO)[C@@H](O[C@@H]5O[C@H](CO)[C@H](O)[C@H](O)[C@H]5O)[C@H](O)[C@H]4NC(C)=O)[C@H](O)[C@@H]3O[C@@H]3O[C@H](CO)[C@@H](O[C@@H]4O[C@H](CO)[C@H](O)[C@H](O)[C@H]4O)[C@H](O[C@@H]4O[C@@H](C)[C@@H](O)[C@@H](O)[C@@H]4O)[C@H]3NC(C)=O)[C@@H]2O)[C@@H]1O. The van der Waals surface area contributed by atoms with Crippen molar-refractivity contribution in [2.75, 3.05) is 72.7 Å². The molecule has 60 atom stereocenters. The number of amides is 4. The predicted molar refractivity (Wildman–Crippen MR) is 440 cm³/mol. The molecule has 0 saturated carbocycles. The van der Waals surface area contributed by atoms with Crippen LogP contribution in [0.25, 0.3) is 0 Å². The van der Waals surface area contributed by atoms with Gasteiger partial charge in [0.2, 0.25) is 23.6 Å². The van der Waals surface area contributed by atoms with Crippen LogP contribution >= 0.6 is 0 Å².